The summed E-state index contributed by atoms with van der Waals surface area (Å²) in [5.41, 5.74) is 1.58. The van der Waals surface area contributed by atoms with Gasteiger partial charge in [0.1, 0.15) is 24.2 Å². The normalized spacial score (nSPS) is 12.5. The van der Waals surface area contributed by atoms with Crippen LogP contribution in [0.15, 0.2) is 113 Å². The predicted octanol–water partition coefficient (Wildman–Crippen LogP) is 6.70. The molecule has 0 unspecified atom stereocenters. The van der Waals surface area contributed by atoms with Gasteiger partial charge < -0.3 is 15.0 Å². The lowest BCUT2D eigenvalue weighted by molar-refractivity contribution is -0.140. The second kappa shape index (κ2) is 17.2. The molecule has 4 aromatic carbocycles. The van der Waals surface area contributed by atoms with Gasteiger partial charge in [-0.25, -0.2) is 12.8 Å². The minimum atomic E-state index is -4.31. The Kier molecular flexibility index (Phi) is 13.0. The van der Waals surface area contributed by atoms with Gasteiger partial charge in [-0.2, -0.15) is 0 Å². The van der Waals surface area contributed by atoms with Crippen LogP contribution in [0.3, 0.4) is 0 Å². The number of benzene rings is 4. The zero-order valence-electron chi connectivity index (χ0n) is 27.6. The number of hydrogen-bond donors (Lipinski definition) is 1. The lowest BCUT2D eigenvalue weighted by atomic mass is 10.0. The number of ether oxygens (including phenoxy) is 1. The first-order chi connectivity index (χ1) is 23.1. The van der Waals surface area contributed by atoms with Crippen LogP contribution in [-0.2, 0) is 32.6 Å². The molecule has 0 aliphatic heterocycles. The molecule has 4 rings (SSSR count). The summed E-state index contributed by atoms with van der Waals surface area (Å²) in [7, 11) is -4.31. The topological polar surface area (TPSA) is 96.0 Å². The Morgan fingerprint density at radius 3 is 2.15 bits per heavy atom. The first kappa shape index (κ1) is 36.5. The second-order valence-electron chi connectivity index (χ2n) is 11.3. The van der Waals surface area contributed by atoms with Crippen LogP contribution in [0.5, 0.6) is 5.75 Å². The van der Waals surface area contributed by atoms with Crippen molar-refractivity contribution in [2.75, 3.05) is 23.7 Å². The third kappa shape index (κ3) is 9.38. The van der Waals surface area contributed by atoms with Gasteiger partial charge in [0.05, 0.1) is 17.2 Å². The number of nitrogens with zero attached hydrogens (tertiary/aromatic N) is 2. The van der Waals surface area contributed by atoms with Gasteiger partial charge in [-0.1, -0.05) is 61.5 Å². The first-order valence-electron chi connectivity index (χ1n) is 15.8. The van der Waals surface area contributed by atoms with E-state index in [0.29, 0.717) is 12.0 Å². The average Bonchev–Trinajstić information content (AvgIpc) is 3.10. The summed E-state index contributed by atoms with van der Waals surface area (Å²) >= 11 is 1.48. The van der Waals surface area contributed by atoms with E-state index in [1.807, 2.05) is 50.4 Å². The maximum Gasteiger partial charge on any atom is 0.264 e. The molecule has 8 nitrogen and oxygen atoms in total. The lowest BCUT2D eigenvalue weighted by Gasteiger charge is -2.34. The van der Waals surface area contributed by atoms with Gasteiger partial charge in [0.2, 0.25) is 11.8 Å². The summed E-state index contributed by atoms with van der Waals surface area (Å²) in [4.78, 5) is 30.9. The van der Waals surface area contributed by atoms with E-state index < -0.39 is 34.3 Å². The van der Waals surface area contributed by atoms with Crippen LogP contribution < -0.4 is 14.4 Å². The van der Waals surface area contributed by atoms with E-state index in [9.17, 15) is 22.4 Å². The van der Waals surface area contributed by atoms with Crippen molar-refractivity contribution in [3.05, 3.63) is 120 Å². The fraction of sp³-hybridized carbons (Fsp3) is 0.297. The Hall–Kier alpha value is -4.35. The molecule has 0 aliphatic carbocycles. The van der Waals surface area contributed by atoms with Crippen LogP contribution >= 0.6 is 11.8 Å². The molecule has 0 heterocycles. The monoisotopic (exact) mass is 691 g/mol. The number of para-hydroxylation sites is 2. The maximum absolute atomic E-state index is 14.7. The van der Waals surface area contributed by atoms with Gasteiger partial charge in [0, 0.05) is 23.9 Å². The maximum atomic E-state index is 14.7. The fourth-order valence-corrected chi connectivity index (χ4v) is 6.94. The molecule has 4 aromatic rings. The molecule has 1 N–H and O–H groups in total. The Labute approximate surface area is 287 Å². The molecule has 0 saturated carbocycles. The Morgan fingerprint density at radius 1 is 0.875 bits per heavy atom. The molecule has 0 saturated heterocycles. The number of halogens is 1. The van der Waals surface area contributed by atoms with Gasteiger partial charge in [-0.05, 0) is 86.2 Å². The summed E-state index contributed by atoms with van der Waals surface area (Å²) < 4.78 is 49.6. The highest BCUT2D eigenvalue weighted by atomic mass is 32.2. The van der Waals surface area contributed by atoms with Gasteiger partial charge in [0.15, 0.2) is 0 Å². The molecule has 2 atom stereocenters. The van der Waals surface area contributed by atoms with Crippen molar-refractivity contribution in [2.24, 2.45) is 0 Å². The zero-order chi connectivity index (χ0) is 34.7. The van der Waals surface area contributed by atoms with Crippen LogP contribution in [0.4, 0.5) is 10.1 Å². The van der Waals surface area contributed by atoms with Gasteiger partial charge in [-0.3, -0.25) is 13.9 Å². The van der Waals surface area contributed by atoms with E-state index in [1.54, 1.807) is 55.5 Å². The summed E-state index contributed by atoms with van der Waals surface area (Å²) in [6, 6.07) is 26.9. The largest absolute Gasteiger partial charge is 0.492 e. The molecule has 0 fully saturated rings. The third-order valence-electron chi connectivity index (χ3n) is 7.90. The van der Waals surface area contributed by atoms with Crippen LogP contribution in [0.2, 0.25) is 0 Å². The van der Waals surface area contributed by atoms with Crippen molar-refractivity contribution in [1.29, 1.82) is 0 Å². The molecule has 0 aromatic heterocycles. The van der Waals surface area contributed by atoms with Crippen molar-refractivity contribution in [2.45, 2.75) is 62.0 Å². The SMILES string of the molecule is CCOc1ccccc1N(CC(=O)N(Cc1ccc(F)cc1)[C@H](Cc1ccccc1)C(=O)N[C@H](C)CC)S(=O)(=O)c1ccc(SC)cc1. The molecule has 254 valence electrons. The average molecular weight is 692 g/mol. The zero-order valence-corrected chi connectivity index (χ0v) is 29.3. The van der Waals surface area contributed by atoms with E-state index in [4.69, 9.17) is 4.74 Å². The molecule has 0 aliphatic rings. The smallest absolute Gasteiger partial charge is 0.264 e. The van der Waals surface area contributed by atoms with E-state index in [-0.39, 0.29) is 47.9 Å². The quantitative estimate of drug-likeness (QED) is 0.132. The number of sulfonamides is 1. The van der Waals surface area contributed by atoms with Crippen molar-refractivity contribution < 1.29 is 27.1 Å². The molecule has 0 spiro atoms. The van der Waals surface area contributed by atoms with Crippen LogP contribution in [0.25, 0.3) is 0 Å². The Morgan fingerprint density at radius 2 is 1.52 bits per heavy atom. The number of nitrogens with one attached hydrogen (secondary N) is 1. The summed E-state index contributed by atoms with van der Waals surface area (Å²) in [5, 5.41) is 3.01. The lowest BCUT2D eigenvalue weighted by Crippen LogP contribution is -2.54. The highest BCUT2D eigenvalue weighted by Gasteiger charge is 2.36. The molecule has 2 amide bonds. The standard InChI is InChI=1S/C37H42FN3O5S2/c1-5-27(3)39-37(43)34(24-28-12-8-7-9-13-28)40(25-29-16-18-30(38)19-17-29)36(42)26-41(33-14-10-11-15-35(33)46-6-2)48(44,45)32-22-20-31(47-4)21-23-32/h7-23,27,34H,5-6,24-26H2,1-4H3,(H,39,43)/t27-,34-/m1/s1. The number of amides is 2. The first-order valence-corrected chi connectivity index (χ1v) is 18.5. The molecular formula is C37H42FN3O5S2. The summed E-state index contributed by atoms with van der Waals surface area (Å²) in [6.45, 7) is 5.20. The van der Waals surface area contributed by atoms with Crippen LogP contribution in [0.1, 0.15) is 38.3 Å². The highest BCUT2D eigenvalue weighted by Crippen LogP contribution is 2.33. The Balaban J connectivity index is 1.84. The fourth-order valence-electron chi connectivity index (χ4n) is 5.11. The molecule has 11 heteroatoms. The van der Waals surface area contributed by atoms with Crippen molar-refractivity contribution in [3.8, 4) is 5.75 Å². The molecule has 0 bridgehead atoms. The number of hydrogen-bond acceptors (Lipinski definition) is 6. The molecule has 48 heavy (non-hydrogen) atoms. The van der Waals surface area contributed by atoms with E-state index >= 15 is 0 Å². The third-order valence-corrected chi connectivity index (χ3v) is 10.4. The minimum absolute atomic E-state index is 0.000152. The summed E-state index contributed by atoms with van der Waals surface area (Å²) in [5.74, 6) is -1.14. The van der Waals surface area contributed by atoms with Crippen LogP contribution in [0, 0.1) is 5.82 Å². The number of anilines is 1. The second-order valence-corrected chi connectivity index (χ2v) is 14.0. The highest BCUT2D eigenvalue weighted by molar-refractivity contribution is 7.98. The molecular weight excluding hydrogens is 650 g/mol. The van der Waals surface area contributed by atoms with Gasteiger partial charge >= 0.3 is 0 Å². The van der Waals surface area contributed by atoms with E-state index in [1.165, 1.54) is 40.9 Å². The van der Waals surface area contributed by atoms with E-state index in [2.05, 4.69) is 5.32 Å². The molecule has 0 radical (unpaired) electrons. The number of carbonyl (C=O) groups is 2. The van der Waals surface area contributed by atoms with Crippen molar-refractivity contribution in [3.63, 3.8) is 0 Å². The van der Waals surface area contributed by atoms with E-state index in [0.717, 1.165) is 14.8 Å². The minimum Gasteiger partial charge on any atom is -0.492 e. The van der Waals surface area contributed by atoms with Crippen molar-refractivity contribution >= 4 is 39.3 Å². The van der Waals surface area contributed by atoms with Gasteiger partial charge in [0.25, 0.3) is 10.0 Å². The summed E-state index contributed by atoms with van der Waals surface area (Å²) in [6.07, 6.45) is 2.74. The number of carbonyl (C=O) groups excluding carboxylic acids is 2. The van der Waals surface area contributed by atoms with Crippen LogP contribution in [-0.4, -0.2) is 56.6 Å². The number of rotatable bonds is 16. The van der Waals surface area contributed by atoms with Gasteiger partial charge in [-0.15, -0.1) is 11.8 Å². The Bertz CT molecular complexity index is 1750. The number of thioether (sulfide) groups is 1. The predicted molar refractivity (Wildman–Crippen MR) is 189 cm³/mol. The van der Waals surface area contributed by atoms with Crippen molar-refractivity contribution in [1.82, 2.24) is 10.2 Å².